The molecule has 3 rings (SSSR count). The number of aliphatic hydroxyl groups excluding tert-OH is 1. The molecule has 1 unspecified atom stereocenters. The number of rotatable bonds is 5. The van der Waals surface area contributed by atoms with E-state index in [2.05, 4.69) is 0 Å². The molecule has 1 atom stereocenters. The van der Waals surface area contributed by atoms with E-state index >= 15 is 0 Å². The lowest BCUT2D eigenvalue weighted by atomic mass is 10.1. The number of ether oxygens (including phenoxy) is 1. The van der Waals surface area contributed by atoms with Crippen LogP contribution in [0, 0.1) is 0 Å². The molecule has 28 heavy (non-hydrogen) atoms. The molecule has 0 aliphatic carbocycles. The molecule has 1 aromatic heterocycles. The molecule has 0 saturated carbocycles. The van der Waals surface area contributed by atoms with Gasteiger partial charge in [-0.3, -0.25) is 4.79 Å². The zero-order valence-electron chi connectivity index (χ0n) is 14.3. The number of nitrogens with two attached hydrogens (primary N) is 1. The van der Waals surface area contributed by atoms with Gasteiger partial charge in [0.05, 0.1) is 21.5 Å². The standard InChI is InChI=1S/C19H15ClF3NO4/c20-14-3-1-2-12-15(26)7-17(28-18(12)14)13-5-4-10(19(21,22)23)6-16(13)27-9-11(25)8-24/h1-7,11,25H,8-9,24H2. The van der Waals surface area contributed by atoms with Gasteiger partial charge in [-0.05, 0) is 30.3 Å². The molecule has 1 heterocycles. The van der Waals surface area contributed by atoms with Crippen molar-refractivity contribution in [1.82, 2.24) is 0 Å². The number of hydrogen-bond donors (Lipinski definition) is 2. The molecular weight excluding hydrogens is 399 g/mol. The number of para-hydroxylation sites is 1. The van der Waals surface area contributed by atoms with E-state index in [4.69, 9.17) is 26.5 Å². The number of fused-ring (bicyclic) bond motifs is 1. The summed E-state index contributed by atoms with van der Waals surface area (Å²) in [5.74, 6) is -0.228. The van der Waals surface area contributed by atoms with Crippen LogP contribution in [0.25, 0.3) is 22.3 Å². The number of alkyl halides is 3. The first-order valence-electron chi connectivity index (χ1n) is 8.15. The molecule has 3 N–H and O–H groups in total. The molecule has 0 fully saturated rings. The van der Waals surface area contributed by atoms with Crippen LogP contribution < -0.4 is 15.9 Å². The Hall–Kier alpha value is -2.55. The Labute approximate surface area is 162 Å². The zero-order valence-corrected chi connectivity index (χ0v) is 15.1. The molecule has 9 heteroatoms. The van der Waals surface area contributed by atoms with Crippen molar-refractivity contribution in [2.24, 2.45) is 5.73 Å². The molecule has 0 spiro atoms. The van der Waals surface area contributed by atoms with E-state index < -0.39 is 23.3 Å². The predicted molar refractivity (Wildman–Crippen MR) is 98.5 cm³/mol. The minimum Gasteiger partial charge on any atom is -0.490 e. The highest BCUT2D eigenvalue weighted by Gasteiger charge is 2.31. The quantitative estimate of drug-likeness (QED) is 0.664. The van der Waals surface area contributed by atoms with Gasteiger partial charge in [0.15, 0.2) is 11.0 Å². The van der Waals surface area contributed by atoms with Gasteiger partial charge in [-0.25, -0.2) is 0 Å². The van der Waals surface area contributed by atoms with Crippen molar-refractivity contribution >= 4 is 22.6 Å². The van der Waals surface area contributed by atoms with E-state index in [1.54, 1.807) is 6.07 Å². The van der Waals surface area contributed by atoms with Crippen LogP contribution >= 0.6 is 11.6 Å². The second-order valence-electron chi connectivity index (χ2n) is 6.00. The maximum atomic E-state index is 13.1. The summed E-state index contributed by atoms with van der Waals surface area (Å²) in [5.41, 5.74) is 4.16. The zero-order chi connectivity index (χ0) is 20.5. The molecular formula is C19H15ClF3NO4. The maximum absolute atomic E-state index is 13.1. The summed E-state index contributed by atoms with van der Waals surface area (Å²) in [6.45, 7) is -0.460. The fourth-order valence-corrected chi connectivity index (χ4v) is 2.76. The normalized spacial score (nSPS) is 12.9. The summed E-state index contributed by atoms with van der Waals surface area (Å²) in [4.78, 5) is 12.4. The highest BCUT2D eigenvalue weighted by Crippen LogP contribution is 2.38. The Bertz CT molecular complexity index is 1070. The molecule has 5 nitrogen and oxygen atoms in total. The highest BCUT2D eigenvalue weighted by atomic mass is 35.5. The first kappa shape index (κ1) is 20.2. The highest BCUT2D eigenvalue weighted by molar-refractivity contribution is 6.34. The van der Waals surface area contributed by atoms with Gasteiger partial charge in [-0.15, -0.1) is 0 Å². The smallest absolute Gasteiger partial charge is 0.416 e. The van der Waals surface area contributed by atoms with E-state index in [0.29, 0.717) is 0 Å². The van der Waals surface area contributed by atoms with Crippen LogP contribution in [-0.4, -0.2) is 24.4 Å². The lowest BCUT2D eigenvalue weighted by molar-refractivity contribution is -0.137. The summed E-state index contributed by atoms with van der Waals surface area (Å²) in [5, 5.41) is 9.99. The van der Waals surface area contributed by atoms with E-state index in [1.807, 2.05) is 0 Å². The minimum absolute atomic E-state index is 0.0171. The Kier molecular flexibility index (Phi) is 5.64. The summed E-state index contributed by atoms with van der Waals surface area (Å²) in [7, 11) is 0. The molecule has 0 aliphatic heterocycles. The largest absolute Gasteiger partial charge is 0.490 e. The first-order chi connectivity index (χ1) is 13.2. The summed E-state index contributed by atoms with van der Waals surface area (Å²) < 4.78 is 50.2. The van der Waals surface area contributed by atoms with Crippen molar-refractivity contribution in [3.63, 3.8) is 0 Å². The Balaban J connectivity index is 2.16. The molecule has 3 aromatic rings. The van der Waals surface area contributed by atoms with Crippen molar-refractivity contribution in [2.75, 3.05) is 13.2 Å². The lowest BCUT2D eigenvalue weighted by Gasteiger charge is -2.16. The van der Waals surface area contributed by atoms with Crippen molar-refractivity contribution in [3.05, 3.63) is 63.3 Å². The summed E-state index contributed by atoms with van der Waals surface area (Å²) >= 11 is 6.08. The van der Waals surface area contributed by atoms with Gasteiger partial charge in [0.25, 0.3) is 0 Å². The van der Waals surface area contributed by atoms with Crippen LogP contribution in [-0.2, 0) is 6.18 Å². The summed E-state index contributed by atoms with van der Waals surface area (Å²) in [6, 6.07) is 8.54. The van der Waals surface area contributed by atoms with Gasteiger partial charge in [0, 0.05) is 12.6 Å². The average molecular weight is 414 g/mol. The van der Waals surface area contributed by atoms with Crippen LogP contribution in [0.3, 0.4) is 0 Å². The summed E-state index contributed by atoms with van der Waals surface area (Å²) in [6.07, 6.45) is -5.67. The van der Waals surface area contributed by atoms with Gasteiger partial charge < -0.3 is 20.0 Å². The van der Waals surface area contributed by atoms with Crippen molar-refractivity contribution in [1.29, 1.82) is 0 Å². The average Bonchev–Trinajstić information content (AvgIpc) is 2.65. The molecule has 2 aromatic carbocycles. The van der Waals surface area contributed by atoms with Crippen LogP contribution in [0.4, 0.5) is 13.2 Å². The SMILES string of the molecule is NCC(O)COc1cc(C(F)(F)F)ccc1-c1cc(=O)c2cccc(Cl)c2o1. The Morgan fingerprint density at radius 2 is 1.96 bits per heavy atom. The number of benzene rings is 2. The first-order valence-corrected chi connectivity index (χ1v) is 8.53. The van der Waals surface area contributed by atoms with Crippen molar-refractivity contribution in [2.45, 2.75) is 12.3 Å². The predicted octanol–water partition coefficient (Wildman–Crippen LogP) is 3.83. The Morgan fingerprint density at radius 3 is 2.64 bits per heavy atom. The molecule has 0 radical (unpaired) electrons. The Morgan fingerprint density at radius 1 is 1.21 bits per heavy atom. The fourth-order valence-electron chi connectivity index (χ4n) is 2.55. The van der Waals surface area contributed by atoms with Gasteiger partial charge in [-0.1, -0.05) is 17.7 Å². The van der Waals surface area contributed by atoms with Crippen molar-refractivity contribution < 1.29 is 27.4 Å². The molecule has 0 bridgehead atoms. The second-order valence-corrected chi connectivity index (χ2v) is 6.41. The lowest BCUT2D eigenvalue weighted by Crippen LogP contribution is -2.26. The van der Waals surface area contributed by atoms with E-state index in [1.165, 1.54) is 12.1 Å². The topological polar surface area (TPSA) is 85.7 Å². The third-order valence-corrected chi connectivity index (χ3v) is 4.28. The fraction of sp³-hybridized carbons (Fsp3) is 0.211. The molecule has 0 saturated heterocycles. The number of halogens is 4. The van der Waals surface area contributed by atoms with Crippen LogP contribution in [0.15, 0.2) is 51.7 Å². The maximum Gasteiger partial charge on any atom is 0.416 e. The van der Waals surface area contributed by atoms with E-state index in [9.17, 15) is 23.1 Å². The van der Waals surface area contributed by atoms with Gasteiger partial charge in [0.1, 0.15) is 24.2 Å². The second kappa shape index (κ2) is 7.83. The van der Waals surface area contributed by atoms with E-state index in [-0.39, 0.29) is 46.2 Å². The third kappa shape index (κ3) is 4.14. The van der Waals surface area contributed by atoms with Crippen LogP contribution in [0.5, 0.6) is 5.75 Å². The molecule has 0 amide bonds. The number of hydrogen-bond acceptors (Lipinski definition) is 5. The molecule has 0 aliphatic rings. The van der Waals surface area contributed by atoms with Crippen molar-refractivity contribution in [3.8, 4) is 17.1 Å². The third-order valence-electron chi connectivity index (χ3n) is 3.98. The monoisotopic (exact) mass is 413 g/mol. The van der Waals surface area contributed by atoms with E-state index in [0.717, 1.165) is 24.3 Å². The van der Waals surface area contributed by atoms with Gasteiger partial charge in [-0.2, -0.15) is 13.2 Å². The van der Waals surface area contributed by atoms with Gasteiger partial charge in [0.2, 0.25) is 0 Å². The molecule has 148 valence electrons. The van der Waals surface area contributed by atoms with Crippen LogP contribution in [0.2, 0.25) is 5.02 Å². The van der Waals surface area contributed by atoms with Gasteiger partial charge >= 0.3 is 6.18 Å². The van der Waals surface area contributed by atoms with Crippen LogP contribution in [0.1, 0.15) is 5.56 Å². The minimum atomic E-state index is -4.60. The number of aliphatic hydroxyl groups is 1.